The molecule has 1 saturated heterocycles. The largest absolute Gasteiger partial charge is 0.497 e. The number of allylic oxidation sites excluding steroid dienone is 1. The second-order valence-corrected chi connectivity index (χ2v) is 17.0. The van der Waals surface area contributed by atoms with Crippen LogP contribution in [0.2, 0.25) is 0 Å². The van der Waals surface area contributed by atoms with Gasteiger partial charge in [0.1, 0.15) is 35.2 Å². The van der Waals surface area contributed by atoms with Crippen LogP contribution in [0.15, 0.2) is 42.6 Å². The van der Waals surface area contributed by atoms with Crippen LogP contribution in [-0.2, 0) is 24.4 Å². The number of aromatic nitrogens is 1. The molecule has 4 amide bonds. The van der Waals surface area contributed by atoms with Gasteiger partial charge in [-0.3, -0.25) is 24.1 Å². The smallest absolute Gasteiger partial charge is 0.405 e. The Hall–Kier alpha value is -4.40. The van der Waals surface area contributed by atoms with Crippen molar-refractivity contribution >= 4 is 44.7 Å². The average molecular weight is 726 g/mol. The minimum atomic E-state index is -3.99. The Bertz CT molecular complexity index is 1850. The van der Waals surface area contributed by atoms with E-state index in [1.165, 1.54) is 4.90 Å². The van der Waals surface area contributed by atoms with E-state index >= 15 is 0 Å². The Morgan fingerprint density at radius 3 is 2.59 bits per heavy atom. The van der Waals surface area contributed by atoms with Crippen LogP contribution in [0.25, 0.3) is 10.9 Å². The zero-order valence-electron chi connectivity index (χ0n) is 29.4. The number of nitrogens with zero attached hydrogens (tertiary/aromatic N) is 2. The van der Waals surface area contributed by atoms with Crippen LogP contribution in [0.4, 0.5) is 4.79 Å². The molecule has 3 heterocycles. The SMILES string of the molecule is CC[C@@H]1C[C@H](C)CCC=C[C@@H]2C[C@@]2(C(=O)NS(=O)(=O)C2(C)CC2)NC(=O)[C@@H]2C[C@@H](Oc3cnc4ccc(OC)cc4c3)CN2C(=O)[C@H]1NC(=O)O. The maximum absolute atomic E-state index is 14.4. The zero-order chi connectivity index (χ0) is 36.7. The van der Waals surface area contributed by atoms with Crippen molar-refractivity contribution in [2.45, 2.75) is 101 Å². The van der Waals surface area contributed by atoms with Gasteiger partial charge in [0.05, 0.1) is 30.1 Å². The molecular weight excluding hydrogens is 678 g/mol. The molecule has 2 aliphatic carbocycles. The van der Waals surface area contributed by atoms with Gasteiger partial charge in [-0.05, 0) is 81.5 Å². The highest BCUT2D eigenvalue weighted by Crippen LogP contribution is 2.47. The lowest BCUT2D eigenvalue weighted by molar-refractivity contribution is -0.142. The Kier molecular flexibility index (Phi) is 9.96. The Balaban J connectivity index is 1.33. The van der Waals surface area contributed by atoms with E-state index in [0.29, 0.717) is 49.1 Å². The Labute approximate surface area is 297 Å². The van der Waals surface area contributed by atoms with Crippen LogP contribution in [0.5, 0.6) is 11.5 Å². The van der Waals surface area contributed by atoms with Crippen LogP contribution in [0.3, 0.4) is 0 Å². The molecule has 14 nitrogen and oxygen atoms in total. The molecule has 2 aliphatic heterocycles. The molecule has 2 saturated carbocycles. The highest BCUT2D eigenvalue weighted by atomic mass is 32.2. The van der Waals surface area contributed by atoms with E-state index in [2.05, 4.69) is 27.3 Å². The lowest BCUT2D eigenvalue weighted by Crippen LogP contribution is -2.59. The van der Waals surface area contributed by atoms with Gasteiger partial charge < -0.3 is 30.1 Å². The van der Waals surface area contributed by atoms with Crippen molar-refractivity contribution in [3.05, 3.63) is 42.6 Å². The van der Waals surface area contributed by atoms with Crippen molar-refractivity contribution in [1.82, 2.24) is 25.2 Å². The molecular formula is C36H47N5O9S. The van der Waals surface area contributed by atoms with Gasteiger partial charge in [-0.25, -0.2) is 13.2 Å². The number of carbonyl (C=O) groups is 4. The highest BCUT2D eigenvalue weighted by Gasteiger charge is 2.63. The standard InChI is InChI=1S/C36H47N5O9S/c1-5-22-14-21(2)8-6-7-9-24-18-36(24,33(44)40-51(47,48)35(3)12-13-35)39-31(42)29-17-27(20-41(29)32(43)30(22)38-34(45)46)50-26-16-23-15-25(49-4)10-11-28(23)37-19-26/h7,9-11,15-16,19,21-22,24,27,29-30,38H,5-6,8,12-14,17-18,20H2,1-4H3,(H,39,42)(H,40,44)(H,45,46)/t21-,22-,24-,27-,29+,30+,36-/m1/s1. The number of amides is 4. The molecule has 6 rings (SSSR count). The fraction of sp³-hybridized carbons (Fsp3) is 0.583. The summed E-state index contributed by atoms with van der Waals surface area (Å²) in [6.45, 7) is 5.50. The maximum Gasteiger partial charge on any atom is 0.405 e. The summed E-state index contributed by atoms with van der Waals surface area (Å²) in [7, 11) is -2.43. The van der Waals surface area contributed by atoms with Crippen LogP contribution in [-0.4, -0.2) is 89.4 Å². The van der Waals surface area contributed by atoms with Crippen molar-refractivity contribution in [2.75, 3.05) is 13.7 Å². The second-order valence-electron chi connectivity index (χ2n) is 14.8. The summed E-state index contributed by atoms with van der Waals surface area (Å²) in [4.78, 5) is 60.4. The first-order valence-corrected chi connectivity index (χ1v) is 19.1. The number of carbonyl (C=O) groups excluding carboxylic acids is 3. The van der Waals surface area contributed by atoms with E-state index in [-0.39, 0.29) is 31.2 Å². The van der Waals surface area contributed by atoms with E-state index in [4.69, 9.17) is 9.47 Å². The van der Waals surface area contributed by atoms with E-state index < -0.39 is 68.2 Å². The first kappa shape index (κ1) is 36.4. The monoisotopic (exact) mass is 725 g/mol. The maximum atomic E-state index is 14.4. The number of rotatable bonds is 8. The third-order valence-corrected chi connectivity index (χ3v) is 13.2. The van der Waals surface area contributed by atoms with Gasteiger partial charge in [0, 0.05) is 17.7 Å². The highest BCUT2D eigenvalue weighted by molar-refractivity contribution is 7.91. The second kappa shape index (κ2) is 14.0. The van der Waals surface area contributed by atoms with E-state index in [0.717, 1.165) is 11.8 Å². The van der Waals surface area contributed by atoms with Gasteiger partial charge in [0.15, 0.2) is 0 Å². The quantitative estimate of drug-likeness (QED) is 0.293. The summed E-state index contributed by atoms with van der Waals surface area (Å²) in [5.41, 5.74) is -0.814. The van der Waals surface area contributed by atoms with Crippen LogP contribution in [0.1, 0.15) is 72.1 Å². The number of ether oxygens (including phenoxy) is 2. The first-order valence-electron chi connectivity index (χ1n) is 17.6. The molecule has 4 N–H and O–H groups in total. The molecule has 0 radical (unpaired) electrons. The number of benzene rings is 1. The molecule has 4 aliphatic rings. The Morgan fingerprint density at radius 2 is 1.90 bits per heavy atom. The molecule has 0 bridgehead atoms. The van der Waals surface area contributed by atoms with Gasteiger partial charge in [0.25, 0.3) is 5.91 Å². The third kappa shape index (κ3) is 7.49. The van der Waals surface area contributed by atoms with E-state index in [9.17, 15) is 32.7 Å². The minimum absolute atomic E-state index is 0.0356. The fourth-order valence-electron chi connectivity index (χ4n) is 7.42. The van der Waals surface area contributed by atoms with Gasteiger partial charge in [-0.1, -0.05) is 32.4 Å². The number of hydrogen-bond donors (Lipinski definition) is 4. The van der Waals surface area contributed by atoms with Crippen molar-refractivity contribution in [3.8, 4) is 11.5 Å². The molecule has 0 unspecified atom stereocenters. The normalized spacial score (nSPS) is 30.5. The summed E-state index contributed by atoms with van der Waals surface area (Å²) >= 11 is 0. The van der Waals surface area contributed by atoms with Gasteiger partial charge in [-0.15, -0.1) is 0 Å². The van der Waals surface area contributed by atoms with Gasteiger partial charge in [-0.2, -0.15) is 0 Å². The average Bonchev–Trinajstić information content (AvgIpc) is 3.97. The number of fused-ring (bicyclic) bond motifs is 3. The summed E-state index contributed by atoms with van der Waals surface area (Å²) in [5, 5.41) is 15.9. The summed E-state index contributed by atoms with van der Waals surface area (Å²) in [6.07, 6.45) is 6.90. The molecule has 7 atom stereocenters. The lowest BCUT2D eigenvalue weighted by Gasteiger charge is -2.33. The van der Waals surface area contributed by atoms with Crippen LogP contribution in [0, 0.1) is 17.8 Å². The molecule has 51 heavy (non-hydrogen) atoms. The predicted octanol–water partition coefficient (Wildman–Crippen LogP) is 3.50. The van der Waals surface area contributed by atoms with Crippen LogP contribution < -0.4 is 24.8 Å². The van der Waals surface area contributed by atoms with Gasteiger partial charge in [0.2, 0.25) is 21.8 Å². The minimum Gasteiger partial charge on any atom is -0.497 e. The summed E-state index contributed by atoms with van der Waals surface area (Å²) in [6, 6.07) is 4.94. The van der Waals surface area contributed by atoms with E-state index in [1.807, 2.05) is 31.2 Å². The molecule has 276 valence electrons. The molecule has 1 aromatic heterocycles. The lowest BCUT2D eigenvalue weighted by atomic mass is 9.85. The number of sulfonamides is 1. The van der Waals surface area contributed by atoms with Crippen molar-refractivity contribution in [2.24, 2.45) is 17.8 Å². The molecule has 0 spiro atoms. The topological polar surface area (TPSA) is 193 Å². The molecule has 3 fully saturated rings. The number of nitrogens with one attached hydrogen (secondary N) is 3. The fourth-order valence-corrected chi connectivity index (χ4v) is 8.73. The number of methoxy groups -OCH3 is 1. The van der Waals surface area contributed by atoms with Crippen molar-refractivity contribution in [1.29, 1.82) is 0 Å². The van der Waals surface area contributed by atoms with Crippen molar-refractivity contribution < 1.29 is 42.2 Å². The molecule has 2 aromatic rings. The number of hydrogen-bond acceptors (Lipinski definition) is 9. The van der Waals surface area contributed by atoms with E-state index in [1.54, 1.807) is 32.4 Å². The summed E-state index contributed by atoms with van der Waals surface area (Å²) in [5.74, 6) is -1.65. The summed E-state index contributed by atoms with van der Waals surface area (Å²) < 4.78 is 39.0. The van der Waals surface area contributed by atoms with Crippen LogP contribution >= 0.6 is 0 Å². The predicted molar refractivity (Wildman–Crippen MR) is 187 cm³/mol. The first-order chi connectivity index (χ1) is 24.2. The van der Waals surface area contributed by atoms with Crippen molar-refractivity contribution in [3.63, 3.8) is 0 Å². The Morgan fingerprint density at radius 1 is 1.16 bits per heavy atom. The molecule has 15 heteroatoms. The number of pyridine rings is 1. The third-order valence-electron chi connectivity index (χ3n) is 11.1. The van der Waals surface area contributed by atoms with Gasteiger partial charge >= 0.3 is 6.09 Å². The number of carboxylic acid groups (broad SMARTS) is 1. The molecule has 1 aromatic carbocycles. The zero-order valence-corrected chi connectivity index (χ0v) is 30.2.